The van der Waals surface area contributed by atoms with Gasteiger partial charge in [-0.05, 0) is 57.1 Å². The Morgan fingerprint density at radius 3 is 1.91 bits per heavy atom. The molecule has 0 radical (unpaired) electrons. The van der Waals surface area contributed by atoms with Crippen molar-refractivity contribution in [2.75, 3.05) is 0 Å². The molecule has 4 nitrogen and oxygen atoms in total. The van der Waals surface area contributed by atoms with Crippen molar-refractivity contribution in [3.8, 4) is 56.4 Å². The van der Waals surface area contributed by atoms with Gasteiger partial charge in [-0.25, -0.2) is 15.0 Å². The second-order valence-corrected chi connectivity index (χ2v) is 11.5. The topological polar surface area (TPSA) is 51.6 Å². The van der Waals surface area contributed by atoms with Crippen LogP contribution in [-0.2, 0) is 6.42 Å². The molecule has 9 rings (SSSR count). The van der Waals surface area contributed by atoms with Crippen LogP contribution in [0.5, 0.6) is 0 Å². The molecule has 0 unspecified atom stereocenters. The first-order valence-electron chi connectivity index (χ1n) is 15.2. The molecule has 1 aliphatic carbocycles. The van der Waals surface area contributed by atoms with Crippen LogP contribution in [-0.4, -0.2) is 19.9 Å². The van der Waals surface area contributed by atoms with Gasteiger partial charge in [-0.1, -0.05) is 127 Å². The van der Waals surface area contributed by atoms with Crippen molar-refractivity contribution in [1.29, 1.82) is 0 Å². The molecule has 0 saturated heterocycles. The Balaban J connectivity index is 1.17. The van der Waals surface area contributed by atoms with E-state index in [1.807, 2.05) is 42.6 Å². The molecular weight excluding hydrogens is 548 g/mol. The van der Waals surface area contributed by atoms with Crippen molar-refractivity contribution in [3.05, 3.63) is 157 Å². The predicted molar refractivity (Wildman–Crippen MR) is 183 cm³/mol. The summed E-state index contributed by atoms with van der Waals surface area (Å²) < 4.78 is 0. The zero-order valence-corrected chi connectivity index (χ0v) is 24.4. The van der Waals surface area contributed by atoms with Crippen molar-refractivity contribution < 1.29 is 0 Å². The molecule has 0 spiro atoms. The van der Waals surface area contributed by atoms with Gasteiger partial charge in [0.1, 0.15) is 0 Å². The Kier molecular flexibility index (Phi) is 5.85. The third kappa shape index (κ3) is 4.38. The fourth-order valence-corrected chi connectivity index (χ4v) is 6.58. The molecule has 6 aromatic carbocycles. The summed E-state index contributed by atoms with van der Waals surface area (Å²) in [5, 5.41) is 3.67. The van der Waals surface area contributed by atoms with E-state index in [0.717, 1.165) is 45.1 Å². The van der Waals surface area contributed by atoms with Gasteiger partial charge in [0.2, 0.25) is 0 Å². The van der Waals surface area contributed by atoms with Gasteiger partial charge in [0.25, 0.3) is 0 Å². The summed E-state index contributed by atoms with van der Waals surface area (Å²) in [5.74, 6) is 1.97. The number of pyridine rings is 1. The van der Waals surface area contributed by atoms with Gasteiger partial charge in [0.05, 0.1) is 5.52 Å². The quantitative estimate of drug-likeness (QED) is 0.210. The molecule has 0 saturated carbocycles. The van der Waals surface area contributed by atoms with E-state index in [1.54, 1.807) is 0 Å². The van der Waals surface area contributed by atoms with Crippen molar-refractivity contribution in [1.82, 2.24) is 19.9 Å². The fourth-order valence-electron chi connectivity index (χ4n) is 6.58. The second-order valence-electron chi connectivity index (χ2n) is 11.5. The van der Waals surface area contributed by atoms with Gasteiger partial charge < -0.3 is 0 Å². The Morgan fingerprint density at radius 2 is 1.07 bits per heavy atom. The van der Waals surface area contributed by atoms with Crippen LogP contribution in [0.4, 0.5) is 0 Å². The van der Waals surface area contributed by atoms with E-state index >= 15 is 0 Å². The highest BCUT2D eigenvalue weighted by molar-refractivity contribution is 6.01. The molecular formula is C41H26N4. The summed E-state index contributed by atoms with van der Waals surface area (Å²) in [6.07, 6.45) is 2.78. The van der Waals surface area contributed by atoms with Crippen LogP contribution in [0.1, 0.15) is 11.1 Å². The first kappa shape index (κ1) is 25.5. The third-order valence-corrected chi connectivity index (χ3v) is 8.79. The number of fused-ring (bicyclic) bond motifs is 6. The standard InChI is InChI=1S/C41H26N4/c1-2-9-29(10-3-1)39-43-40(30-18-15-27(16-19-30)35-14-6-11-28-12-7-23-42-38(28)35)45-41(44-39)33-22-20-31-24-32-21-17-26-8-4-5-13-34(26)37(32)36(31)25-33/h1-23,25H,24H2. The van der Waals surface area contributed by atoms with Crippen LogP contribution in [0.15, 0.2) is 146 Å². The minimum absolute atomic E-state index is 0.646. The van der Waals surface area contributed by atoms with Gasteiger partial charge >= 0.3 is 0 Å². The molecule has 0 atom stereocenters. The minimum Gasteiger partial charge on any atom is -0.256 e. The van der Waals surface area contributed by atoms with Gasteiger partial charge in [-0.3, -0.25) is 4.98 Å². The van der Waals surface area contributed by atoms with Gasteiger partial charge in [-0.15, -0.1) is 0 Å². The van der Waals surface area contributed by atoms with Crippen molar-refractivity contribution >= 4 is 21.7 Å². The highest BCUT2D eigenvalue weighted by Gasteiger charge is 2.22. The van der Waals surface area contributed by atoms with Gasteiger partial charge in [0.15, 0.2) is 17.5 Å². The lowest BCUT2D eigenvalue weighted by Gasteiger charge is -2.11. The zero-order chi connectivity index (χ0) is 29.7. The van der Waals surface area contributed by atoms with E-state index in [-0.39, 0.29) is 0 Å². The molecule has 0 bridgehead atoms. The fraction of sp³-hybridized carbons (Fsp3) is 0.0244. The normalized spacial score (nSPS) is 11.9. The molecule has 4 heteroatoms. The van der Waals surface area contributed by atoms with Crippen molar-refractivity contribution in [2.24, 2.45) is 0 Å². The largest absolute Gasteiger partial charge is 0.256 e. The molecule has 210 valence electrons. The smallest absolute Gasteiger partial charge is 0.164 e. The van der Waals surface area contributed by atoms with E-state index in [9.17, 15) is 0 Å². The molecule has 0 aliphatic heterocycles. The molecule has 45 heavy (non-hydrogen) atoms. The first-order valence-corrected chi connectivity index (χ1v) is 15.2. The number of hydrogen-bond acceptors (Lipinski definition) is 4. The van der Waals surface area contributed by atoms with E-state index in [0.29, 0.717) is 17.5 Å². The van der Waals surface area contributed by atoms with Gasteiger partial charge in [0, 0.05) is 33.8 Å². The lowest BCUT2D eigenvalue weighted by atomic mass is 9.97. The molecule has 1 aliphatic rings. The predicted octanol–water partition coefficient (Wildman–Crippen LogP) is 9.81. The average Bonchev–Trinajstić information content (AvgIpc) is 3.50. The molecule has 0 N–H and O–H groups in total. The second kappa shape index (κ2) is 10.3. The monoisotopic (exact) mass is 574 g/mol. The molecule has 2 aromatic heterocycles. The SMILES string of the molecule is c1ccc(-c2nc(-c3ccc(-c4cccc5cccnc45)cc3)nc(-c3ccc4c(c3)-c3c(ccc5ccccc35)C4)n2)cc1. The first-order chi connectivity index (χ1) is 22.3. The summed E-state index contributed by atoms with van der Waals surface area (Å²) >= 11 is 0. The number of hydrogen-bond donors (Lipinski definition) is 0. The minimum atomic E-state index is 0.646. The average molecular weight is 575 g/mol. The number of aromatic nitrogens is 4. The summed E-state index contributed by atoms with van der Waals surface area (Å²) in [7, 11) is 0. The Hall–Kier alpha value is -6.00. The summed E-state index contributed by atoms with van der Waals surface area (Å²) in [6.45, 7) is 0. The third-order valence-electron chi connectivity index (χ3n) is 8.79. The Morgan fingerprint density at radius 1 is 0.422 bits per heavy atom. The molecule has 0 fully saturated rings. The number of rotatable bonds is 4. The van der Waals surface area contributed by atoms with E-state index in [1.165, 1.54) is 33.0 Å². The number of benzene rings is 6. The van der Waals surface area contributed by atoms with E-state index < -0.39 is 0 Å². The maximum atomic E-state index is 5.06. The summed E-state index contributed by atoms with van der Waals surface area (Å²) in [6, 6.07) is 48.7. The van der Waals surface area contributed by atoms with Crippen LogP contribution >= 0.6 is 0 Å². The molecule has 8 aromatic rings. The molecule has 2 heterocycles. The number of para-hydroxylation sites is 1. The lowest BCUT2D eigenvalue weighted by Crippen LogP contribution is -2.00. The van der Waals surface area contributed by atoms with Crippen LogP contribution in [0.2, 0.25) is 0 Å². The summed E-state index contributed by atoms with van der Waals surface area (Å²) in [4.78, 5) is 19.7. The van der Waals surface area contributed by atoms with Crippen molar-refractivity contribution in [2.45, 2.75) is 6.42 Å². The van der Waals surface area contributed by atoms with Crippen molar-refractivity contribution in [3.63, 3.8) is 0 Å². The Bertz CT molecular complexity index is 2390. The van der Waals surface area contributed by atoms with Gasteiger partial charge in [-0.2, -0.15) is 0 Å². The van der Waals surface area contributed by atoms with Crippen LogP contribution in [0, 0.1) is 0 Å². The summed E-state index contributed by atoms with van der Waals surface area (Å²) in [5.41, 5.74) is 11.4. The van der Waals surface area contributed by atoms with Crippen LogP contribution in [0.25, 0.3) is 78.1 Å². The molecule has 0 amide bonds. The van der Waals surface area contributed by atoms with E-state index in [2.05, 4.69) is 108 Å². The highest BCUT2D eigenvalue weighted by Crippen LogP contribution is 2.43. The van der Waals surface area contributed by atoms with Crippen LogP contribution < -0.4 is 0 Å². The number of nitrogens with zero attached hydrogens (tertiary/aromatic N) is 4. The van der Waals surface area contributed by atoms with E-state index in [4.69, 9.17) is 15.0 Å². The van der Waals surface area contributed by atoms with Crippen LogP contribution in [0.3, 0.4) is 0 Å². The zero-order valence-electron chi connectivity index (χ0n) is 24.4. The lowest BCUT2D eigenvalue weighted by molar-refractivity contribution is 1.07. The Labute approximate surface area is 260 Å². The maximum Gasteiger partial charge on any atom is 0.164 e. The highest BCUT2D eigenvalue weighted by atomic mass is 15.0. The maximum absolute atomic E-state index is 5.06.